The SMILES string of the molecule is Cc1ccc(NC(C)(C(=O)O)c2ccccc2Br)cc1. The van der Waals surface area contributed by atoms with Crippen LogP contribution in [0.1, 0.15) is 18.1 Å². The van der Waals surface area contributed by atoms with Gasteiger partial charge in [-0.15, -0.1) is 0 Å². The van der Waals surface area contributed by atoms with E-state index in [1.165, 1.54) is 0 Å². The molecule has 1 unspecified atom stereocenters. The number of aliphatic carboxylic acids is 1. The number of benzene rings is 2. The number of aryl methyl sites for hydroxylation is 1. The Morgan fingerprint density at radius 3 is 2.30 bits per heavy atom. The van der Waals surface area contributed by atoms with E-state index < -0.39 is 11.5 Å². The van der Waals surface area contributed by atoms with Crippen LogP contribution in [0.15, 0.2) is 53.0 Å². The van der Waals surface area contributed by atoms with Crippen molar-refractivity contribution in [2.24, 2.45) is 0 Å². The van der Waals surface area contributed by atoms with Gasteiger partial charge >= 0.3 is 5.97 Å². The van der Waals surface area contributed by atoms with E-state index in [0.29, 0.717) is 5.56 Å². The molecule has 2 aromatic carbocycles. The van der Waals surface area contributed by atoms with Gasteiger partial charge in [0.2, 0.25) is 0 Å². The number of rotatable bonds is 4. The van der Waals surface area contributed by atoms with Gasteiger partial charge in [0, 0.05) is 15.7 Å². The zero-order valence-corrected chi connectivity index (χ0v) is 12.9. The predicted octanol–water partition coefficient (Wildman–Crippen LogP) is 4.17. The van der Waals surface area contributed by atoms with Gasteiger partial charge in [0.15, 0.2) is 5.54 Å². The van der Waals surface area contributed by atoms with Gasteiger partial charge in [-0.3, -0.25) is 0 Å². The van der Waals surface area contributed by atoms with E-state index in [1.807, 2.05) is 49.4 Å². The molecule has 0 saturated carbocycles. The van der Waals surface area contributed by atoms with Gasteiger partial charge in [-0.1, -0.05) is 51.8 Å². The molecule has 0 bridgehead atoms. The number of hydrogen-bond acceptors (Lipinski definition) is 2. The van der Waals surface area contributed by atoms with Crippen molar-refractivity contribution in [3.63, 3.8) is 0 Å². The first kappa shape index (κ1) is 14.6. The zero-order chi connectivity index (χ0) is 14.8. The summed E-state index contributed by atoms with van der Waals surface area (Å²) in [5.41, 5.74) is 1.40. The minimum absolute atomic E-state index is 0.688. The average molecular weight is 334 g/mol. The normalized spacial score (nSPS) is 13.6. The van der Waals surface area contributed by atoms with Gasteiger partial charge in [0.25, 0.3) is 0 Å². The topological polar surface area (TPSA) is 49.3 Å². The first-order valence-corrected chi connectivity index (χ1v) is 7.06. The predicted molar refractivity (Wildman–Crippen MR) is 83.9 cm³/mol. The van der Waals surface area contributed by atoms with E-state index in [1.54, 1.807) is 13.0 Å². The number of anilines is 1. The van der Waals surface area contributed by atoms with E-state index in [4.69, 9.17) is 0 Å². The largest absolute Gasteiger partial charge is 0.479 e. The summed E-state index contributed by atoms with van der Waals surface area (Å²) < 4.78 is 0.768. The second kappa shape index (κ2) is 5.67. The lowest BCUT2D eigenvalue weighted by molar-refractivity contribution is -0.142. The molecule has 0 aliphatic rings. The van der Waals surface area contributed by atoms with Gasteiger partial charge in [0.1, 0.15) is 0 Å². The molecule has 0 saturated heterocycles. The summed E-state index contributed by atoms with van der Waals surface area (Å²) in [6, 6.07) is 15.0. The second-order valence-electron chi connectivity index (χ2n) is 4.90. The Kier molecular flexibility index (Phi) is 4.14. The molecule has 0 aromatic heterocycles. The molecule has 0 aliphatic heterocycles. The summed E-state index contributed by atoms with van der Waals surface area (Å²) in [4.78, 5) is 11.8. The Morgan fingerprint density at radius 1 is 1.15 bits per heavy atom. The molecular weight excluding hydrogens is 318 g/mol. The molecule has 0 spiro atoms. The first-order valence-electron chi connectivity index (χ1n) is 6.27. The van der Waals surface area contributed by atoms with E-state index in [-0.39, 0.29) is 0 Å². The molecule has 2 N–H and O–H groups in total. The minimum atomic E-state index is -1.20. The molecule has 0 fully saturated rings. The summed E-state index contributed by atoms with van der Waals surface area (Å²) >= 11 is 3.42. The Labute approximate surface area is 126 Å². The van der Waals surface area contributed by atoms with Crippen molar-refractivity contribution in [1.82, 2.24) is 0 Å². The number of halogens is 1. The molecule has 0 amide bonds. The molecule has 0 radical (unpaired) electrons. The van der Waals surface area contributed by atoms with Crippen molar-refractivity contribution in [2.45, 2.75) is 19.4 Å². The quantitative estimate of drug-likeness (QED) is 0.882. The molecule has 0 aliphatic carbocycles. The number of hydrogen-bond donors (Lipinski definition) is 2. The van der Waals surface area contributed by atoms with Crippen LogP contribution < -0.4 is 5.32 Å². The lowest BCUT2D eigenvalue weighted by Crippen LogP contribution is -2.40. The maximum absolute atomic E-state index is 11.8. The molecular formula is C16H16BrNO2. The van der Waals surface area contributed by atoms with Crippen molar-refractivity contribution in [1.29, 1.82) is 0 Å². The van der Waals surface area contributed by atoms with Crippen LogP contribution in [0.25, 0.3) is 0 Å². The minimum Gasteiger partial charge on any atom is -0.479 e. The fraction of sp³-hybridized carbons (Fsp3) is 0.188. The Morgan fingerprint density at radius 2 is 1.75 bits per heavy atom. The van der Waals surface area contributed by atoms with Crippen LogP contribution in [-0.2, 0) is 10.3 Å². The Hall–Kier alpha value is -1.81. The lowest BCUT2D eigenvalue weighted by atomic mass is 9.91. The van der Waals surface area contributed by atoms with E-state index in [2.05, 4.69) is 21.2 Å². The maximum atomic E-state index is 11.8. The molecule has 0 heterocycles. The summed E-state index contributed by atoms with van der Waals surface area (Å²) in [5, 5.41) is 12.8. The Balaban J connectivity index is 2.43. The van der Waals surface area contributed by atoms with Crippen molar-refractivity contribution in [3.8, 4) is 0 Å². The van der Waals surface area contributed by atoms with Gasteiger partial charge in [-0.05, 0) is 32.0 Å². The third-order valence-corrected chi connectivity index (χ3v) is 3.98. The zero-order valence-electron chi connectivity index (χ0n) is 11.4. The van der Waals surface area contributed by atoms with Crippen molar-refractivity contribution >= 4 is 27.6 Å². The average Bonchev–Trinajstić information content (AvgIpc) is 2.41. The van der Waals surface area contributed by atoms with E-state index in [0.717, 1.165) is 15.7 Å². The van der Waals surface area contributed by atoms with Crippen LogP contribution in [0, 0.1) is 6.92 Å². The molecule has 104 valence electrons. The van der Waals surface area contributed by atoms with Crippen LogP contribution in [0.5, 0.6) is 0 Å². The van der Waals surface area contributed by atoms with Crippen molar-refractivity contribution in [2.75, 3.05) is 5.32 Å². The third-order valence-electron chi connectivity index (χ3n) is 3.29. The van der Waals surface area contributed by atoms with Crippen molar-refractivity contribution in [3.05, 3.63) is 64.1 Å². The monoisotopic (exact) mass is 333 g/mol. The lowest BCUT2D eigenvalue weighted by Gasteiger charge is -2.29. The summed E-state index contributed by atoms with van der Waals surface area (Å²) in [5.74, 6) is -0.926. The molecule has 4 heteroatoms. The fourth-order valence-electron chi connectivity index (χ4n) is 2.03. The number of carboxylic acids is 1. The van der Waals surface area contributed by atoms with Crippen LogP contribution in [0.4, 0.5) is 5.69 Å². The maximum Gasteiger partial charge on any atom is 0.333 e. The summed E-state index contributed by atoms with van der Waals surface area (Å²) in [6.07, 6.45) is 0. The van der Waals surface area contributed by atoms with Gasteiger partial charge in [0.05, 0.1) is 0 Å². The summed E-state index contributed by atoms with van der Waals surface area (Å²) in [7, 11) is 0. The van der Waals surface area contributed by atoms with Crippen LogP contribution in [0.2, 0.25) is 0 Å². The third kappa shape index (κ3) is 2.85. The number of nitrogens with one attached hydrogen (secondary N) is 1. The van der Waals surface area contributed by atoms with Gasteiger partial charge in [-0.2, -0.15) is 0 Å². The van der Waals surface area contributed by atoms with Crippen LogP contribution in [0.3, 0.4) is 0 Å². The van der Waals surface area contributed by atoms with Crippen LogP contribution in [-0.4, -0.2) is 11.1 Å². The standard InChI is InChI=1S/C16H16BrNO2/c1-11-7-9-12(10-8-11)18-16(2,15(19)20)13-5-3-4-6-14(13)17/h3-10,18H,1-2H3,(H,19,20). The van der Waals surface area contributed by atoms with Gasteiger partial charge in [-0.25, -0.2) is 4.79 Å². The first-order chi connectivity index (χ1) is 9.43. The van der Waals surface area contributed by atoms with E-state index in [9.17, 15) is 9.90 Å². The highest BCUT2D eigenvalue weighted by Gasteiger charge is 2.36. The van der Waals surface area contributed by atoms with Crippen molar-refractivity contribution < 1.29 is 9.90 Å². The molecule has 1 atom stereocenters. The fourth-order valence-corrected chi connectivity index (χ4v) is 2.71. The number of carbonyl (C=O) groups is 1. The van der Waals surface area contributed by atoms with E-state index >= 15 is 0 Å². The molecule has 2 aromatic rings. The highest BCUT2D eigenvalue weighted by Crippen LogP contribution is 2.32. The molecule has 20 heavy (non-hydrogen) atoms. The number of carboxylic acid groups (broad SMARTS) is 1. The second-order valence-corrected chi connectivity index (χ2v) is 5.76. The summed E-state index contributed by atoms with van der Waals surface area (Å²) in [6.45, 7) is 3.66. The smallest absolute Gasteiger partial charge is 0.333 e. The van der Waals surface area contributed by atoms with Gasteiger partial charge < -0.3 is 10.4 Å². The Bertz CT molecular complexity index is 625. The highest BCUT2D eigenvalue weighted by molar-refractivity contribution is 9.10. The highest BCUT2D eigenvalue weighted by atomic mass is 79.9. The molecule has 2 rings (SSSR count). The van der Waals surface area contributed by atoms with Crippen LogP contribution >= 0.6 is 15.9 Å². The molecule has 3 nitrogen and oxygen atoms in total.